The van der Waals surface area contributed by atoms with Crippen molar-refractivity contribution in [2.24, 2.45) is 0 Å². The molecule has 0 aromatic heterocycles. The fourth-order valence-electron chi connectivity index (χ4n) is 2.14. The number of benzene rings is 1. The topological polar surface area (TPSA) is 49.8 Å². The smallest absolute Gasteiger partial charge is 0.257 e. The summed E-state index contributed by atoms with van der Waals surface area (Å²) in [6.45, 7) is 6.30. The molecule has 0 radical (unpaired) electrons. The molecule has 1 aliphatic heterocycles. The van der Waals surface area contributed by atoms with Crippen LogP contribution in [0.15, 0.2) is 18.2 Å². The molecule has 0 bridgehead atoms. The van der Waals surface area contributed by atoms with Gasteiger partial charge in [0.25, 0.3) is 5.91 Å². The number of morpholine rings is 1. The predicted octanol–water partition coefficient (Wildman–Crippen LogP) is 1.99. The molecule has 1 N–H and O–H groups in total. The number of hydrogen-bond acceptors (Lipinski definition) is 3. The molecule has 0 spiro atoms. The van der Waals surface area contributed by atoms with E-state index in [0.29, 0.717) is 31.9 Å². The van der Waals surface area contributed by atoms with Gasteiger partial charge in [-0.05, 0) is 17.5 Å². The Bertz CT molecular complexity index is 437. The summed E-state index contributed by atoms with van der Waals surface area (Å²) in [5.41, 5.74) is 1.21. The van der Waals surface area contributed by atoms with Crippen LogP contribution >= 0.6 is 0 Å². The Balaban J connectivity index is 2.27. The van der Waals surface area contributed by atoms with Crippen molar-refractivity contribution in [2.45, 2.75) is 19.8 Å². The van der Waals surface area contributed by atoms with E-state index in [0.717, 1.165) is 5.56 Å². The summed E-state index contributed by atoms with van der Waals surface area (Å²) >= 11 is 0. The zero-order chi connectivity index (χ0) is 13.1. The third-order valence-electron chi connectivity index (χ3n) is 3.22. The van der Waals surface area contributed by atoms with E-state index >= 15 is 0 Å². The number of ether oxygens (including phenoxy) is 1. The number of phenols is 1. The van der Waals surface area contributed by atoms with E-state index in [1.165, 1.54) is 0 Å². The van der Waals surface area contributed by atoms with E-state index in [1.807, 2.05) is 26.0 Å². The van der Waals surface area contributed by atoms with Gasteiger partial charge < -0.3 is 14.7 Å². The molecule has 1 aromatic carbocycles. The Morgan fingerprint density at radius 2 is 2.00 bits per heavy atom. The van der Waals surface area contributed by atoms with Gasteiger partial charge in [0.05, 0.1) is 18.8 Å². The summed E-state index contributed by atoms with van der Waals surface area (Å²) in [4.78, 5) is 14.0. The summed E-state index contributed by atoms with van der Waals surface area (Å²) in [6, 6.07) is 5.36. The van der Waals surface area contributed by atoms with Crippen molar-refractivity contribution in [3.05, 3.63) is 29.3 Å². The fraction of sp³-hybridized carbons (Fsp3) is 0.500. The number of phenolic OH excluding ortho intramolecular Hbond substituents is 1. The minimum Gasteiger partial charge on any atom is -0.507 e. The van der Waals surface area contributed by atoms with E-state index in [4.69, 9.17) is 4.74 Å². The first-order valence-electron chi connectivity index (χ1n) is 6.30. The standard InChI is InChI=1S/C14H19NO3/c1-10(2)11-4-3-5-12(13(11)16)14(17)15-6-8-18-9-7-15/h3-5,10,16H,6-9H2,1-2H3. The van der Waals surface area contributed by atoms with Crippen LogP contribution in [0.4, 0.5) is 0 Å². The fourth-order valence-corrected chi connectivity index (χ4v) is 2.14. The second kappa shape index (κ2) is 5.40. The molecular formula is C14H19NO3. The van der Waals surface area contributed by atoms with Crippen LogP contribution in [0.1, 0.15) is 35.7 Å². The first-order valence-corrected chi connectivity index (χ1v) is 6.30. The van der Waals surface area contributed by atoms with Crippen molar-refractivity contribution in [3.63, 3.8) is 0 Å². The Labute approximate surface area is 107 Å². The normalized spacial score (nSPS) is 16.1. The van der Waals surface area contributed by atoms with Gasteiger partial charge in [-0.15, -0.1) is 0 Å². The van der Waals surface area contributed by atoms with Gasteiger partial charge in [0.2, 0.25) is 0 Å². The Kier molecular flexibility index (Phi) is 3.87. The summed E-state index contributed by atoms with van der Waals surface area (Å²) in [5, 5.41) is 10.2. The largest absolute Gasteiger partial charge is 0.507 e. The van der Waals surface area contributed by atoms with E-state index in [1.54, 1.807) is 11.0 Å². The van der Waals surface area contributed by atoms with Crippen molar-refractivity contribution >= 4 is 5.91 Å². The lowest BCUT2D eigenvalue weighted by Gasteiger charge is -2.27. The zero-order valence-electron chi connectivity index (χ0n) is 10.8. The third-order valence-corrected chi connectivity index (χ3v) is 3.22. The van der Waals surface area contributed by atoms with Crippen LogP contribution in [-0.2, 0) is 4.74 Å². The number of aromatic hydroxyl groups is 1. The van der Waals surface area contributed by atoms with Crippen LogP contribution in [0.3, 0.4) is 0 Å². The van der Waals surface area contributed by atoms with Crippen molar-refractivity contribution in [1.82, 2.24) is 4.90 Å². The molecule has 98 valence electrons. The van der Waals surface area contributed by atoms with Crippen molar-refractivity contribution < 1.29 is 14.6 Å². The van der Waals surface area contributed by atoms with E-state index in [9.17, 15) is 9.90 Å². The highest BCUT2D eigenvalue weighted by Crippen LogP contribution is 2.29. The van der Waals surface area contributed by atoms with Gasteiger partial charge in [0.1, 0.15) is 5.75 Å². The van der Waals surface area contributed by atoms with E-state index in [2.05, 4.69) is 0 Å². The second-order valence-electron chi connectivity index (χ2n) is 4.80. The van der Waals surface area contributed by atoms with Gasteiger partial charge in [-0.1, -0.05) is 26.0 Å². The van der Waals surface area contributed by atoms with Gasteiger partial charge in [0, 0.05) is 13.1 Å². The molecule has 18 heavy (non-hydrogen) atoms. The highest BCUT2D eigenvalue weighted by molar-refractivity contribution is 5.97. The quantitative estimate of drug-likeness (QED) is 0.872. The summed E-state index contributed by atoms with van der Waals surface area (Å²) in [6.07, 6.45) is 0. The maximum absolute atomic E-state index is 12.3. The monoisotopic (exact) mass is 249 g/mol. The highest BCUT2D eigenvalue weighted by atomic mass is 16.5. The number of hydrogen-bond donors (Lipinski definition) is 1. The summed E-state index contributed by atoms with van der Waals surface area (Å²) in [7, 11) is 0. The van der Waals surface area contributed by atoms with Gasteiger partial charge in [-0.25, -0.2) is 0 Å². The lowest BCUT2D eigenvalue weighted by molar-refractivity contribution is 0.0301. The Morgan fingerprint density at radius 1 is 1.33 bits per heavy atom. The molecular weight excluding hydrogens is 230 g/mol. The first kappa shape index (κ1) is 12.9. The number of amides is 1. The SMILES string of the molecule is CC(C)c1cccc(C(=O)N2CCOCC2)c1O. The van der Waals surface area contributed by atoms with E-state index in [-0.39, 0.29) is 17.6 Å². The molecule has 4 nitrogen and oxygen atoms in total. The molecule has 0 saturated carbocycles. The molecule has 0 unspecified atom stereocenters. The maximum atomic E-state index is 12.3. The van der Waals surface area contributed by atoms with Crippen LogP contribution in [-0.4, -0.2) is 42.2 Å². The molecule has 1 heterocycles. The lowest BCUT2D eigenvalue weighted by atomic mass is 9.98. The number of carbonyl (C=O) groups is 1. The molecule has 0 atom stereocenters. The number of nitrogens with zero attached hydrogens (tertiary/aromatic N) is 1. The minimum absolute atomic E-state index is 0.113. The third kappa shape index (κ3) is 2.48. The average Bonchev–Trinajstić information content (AvgIpc) is 2.39. The second-order valence-corrected chi connectivity index (χ2v) is 4.80. The predicted molar refractivity (Wildman–Crippen MR) is 68.9 cm³/mol. The molecule has 0 aliphatic carbocycles. The molecule has 1 aromatic rings. The molecule has 4 heteroatoms. The molecule has 1 fully saturated rings. The van der Waals surface area contributed by atoms with Crippen LogP contribution in [0.5, 0.6) is 5.75 Å². The highest BCUT2D eigenvalue weighted by Gasteiger charge is 2.22. The van der Waals surface area contributed by atoms with Crippen molar-refractivity contribution in [2.75, 3.05) is 26.3 Å². The van der Waals surface area contributed by atoms with Crippen LogP contribution in [0.2, 0.25) is 0 Å². The molecule has 1 aliphatic rings. The van der Waals surface area contributed by atoms with Gasteiger partial charge >= 0.3 is 0 Å². The maximum Gasteiger partial charge on any atom is 0.257 e. The molecule has 2 rings (SSSR count). The van der Waals surface area contributed by atoms with Crippen molar-refractivity contribution in [1.29, 1.82) is 0 Å². The van der Waals surface area contributed by atoms with Gasteiger partial charge in [0.15, 0.2) is 0 Å². The zero-order valence-corrected chi connectivity index (χ0v) is 10.8. The van der Waals surface area contributed by atoms with Crippen LogP contribution in [0, 0.1) is 0 Å². The number of carbonyl (C=O) groups excluding carboxylic acids is 1. The number of rotatable bonds is 2. The van der Waals surface area contributed by atoms with Gasteiger partial charge in [-0.2, -0.15) is 0 Å². The van der Waals surface area contributed by atoms with Gasteiger partial charge in [-0.3, -0.25) is 4.79 Å². The average molecular weight is 249 g/mol. The molecule has 1 amide bonds. The first-order chi connectivity index (χ1) is 8.61. The van der Waals surface area contributed by atoms with Crippen LogP contribution < -0.4 is 0 Å². The van der Waals surface area contributed by atoms with E-state index < -0.39 is 0 Å². The Hall–Kier alpha value is -1.55. The summed E-state index contributed by atoms with van der Waals surface area (Å²) < 4.78 is 5.22. The molecule has 1 saturated heterocycles. The van der Waals surface area contributed by atoms with Crippen molar-refractivity contribution in [3.8, 4) is 5.75 Å². The Morgan fingerprint density at radius 3 is 2.61 bits per heavy atom. The lowest BCUT2D eigenvalue weighted by Crippen LogP contribution is -2.40. The number of para-hydroxylation sites is 1. The summed E-state index contributed by atoms with van der Waals surface area (Å²) in [5.74, 6) is 0.199. The van der Waals surface area contributed by atoms with Crippen LogP contribution in [0.25, 0.3) is 0 Å². The minimum atomic E-state index is -0.113.